The normalized spacial score (nSPS) is 10.9. The van der Waals surface area contributed by atoms with Crippen molar-refractivity contribution in [2.75, 3.05) is 5.32 Å². The number of nitrogens with zero attached hydrogens (tertiary/aromatic N) is 3. The number of carbonyl (C=O) groups is 1. The lowest BCUT2D eigenvalue weighted by Crippen LogP contribution is -2.22. The molecule has 0 atom stereocenters. The van der Waals surface area contributed by atoms with E-state index < -0.39 is 0 Å². The fourth-order valence-corrected chi connectivity index (χ4v) is 4.23. The minimum Gasteiger partial charge on any atom is -0.489 e. The third kappa shape index (κ3) is 4.90. The molecule has 1 N–H and O–H groups in total. The number of halogens is 1. The van der Waals surface area contributed by atoms with Crippen LogP contribution >= 0.6 is 11.6 Å². The fraction of sp³-hybridized carbons (Fsp3) is 0.0690. The number of hydrogen-bond acceptors (Lipinski definition) is 4. The van der Waals surface area contributed by atoms with Gasteiger partial charge in [-0.25, -0.2) is 4.79 Å². The number of aromatic nitrogens is 3. The molecule has 0 aliphatic heterocycles. The Morgan fingerprint density at radius 1 is 1.03 bits per heavy atom. The minimum atomic E-state index is -0.329. The van der Waals surface area contributed by atoms with Gasteiger partial charge in [-0.15, -0.1) is 0 Å². The lowest BCUT2D eigenvalue weighted by atomic mass is 10.1. The largest absolute Gasteiger partial charge is 0.489 e. The van der Waals surface area contributed by atoms with Crippen molar-refractivity contribution in [1.82, 2.24) is 14.1 Å². The van der Waals surface area contributed by atoms with Crippen LogP contribution < -0.4 is 15.7 Å². The zero-order valence-electron chi connectivity index (χ0n) is 20.0. The van der Waals surface area contributed by atoms with Crippen molar-refractivity contribution < 1.29 is 9.53 Å². The molecular formula is C29H23ClN4O3. The first-order chi connectivity index (χ1) is 17.9. The zero-order chi connectivity index (χ0) is 25.9. The van der Waals surface area contributed by atoms with E-state index >= 15 is 0 Å². The summed E-state index contributed by atoms with van der Waals surface area (Å²) in [7, 11) is 0. The van der Waals surface area contributed by atoms with Crippen molar-refractivity contribution in [3.8, 4) is 17.1 Å². The standard InChI is InChI=1S/C29H23ClN4O3/c1-3-28(35)32-21-5-4-6-23(16-21)34-26-13-14-31-17-27(26)33(29(34)36)22-8-10-24(11-9-22)37-18-20-7-12-25(30)19(2)15-20/h3-17H,1,18H2,2H3,(H,32,35). The number of pyridine rings is 1. The Kier molecular flexibility index (Phi) is 6.62. The number of imidazole rings is 1. The van der Waals surface area contributed by atoms with Gasteiger partial charge in [-0.05, 0) is 78.7 Å². The molecule has 1 amide bonds. The predicted octanol–water partition coefficient (Wildman–Crippen LogP) is 5.84. The fourth-order valence-electron chi connectivity index (χ4n) is 4.12. The van der Waals surface area contributed by atoms with E-state index in [1.165, 1.54) is 6.08 Å². The smallest absolute Gasteiger partial charge is 0.338 e. The second-order valence-corrected chi connectivity index (χ2v) is 8.83. The Hall–Kier alpha value is -4.62. The number of benzene rings is 3. The van der Waals surface area contributed by atoms with Crippen molar-refractivity contribution in [3.05, 3.63) is 124 Å². The minimum absolute atomic E-state index is 0.263. The molecule has 8 heteroatoms. The van der Waals surface area contributed by atoms with E-state index in [4.69, 9.17) is 16.3 Å². The maximum absolute atomic E-state index is 13.7. The van der Waals surface area contributed by atoms with E-state index in [1.54, 1.807) is 45.8 Å². The molecule has 3 aromatic carbocycles. The van der Waals surface area contributed by atoms with Crippen molar-refractivity contribution >= 4 is 34.2 Å². The van der Waals surface area contributed by atoms with Gasteiger partial charge in [0.05, 0.1) is 28.6 Å². The molecule has 0 aliphatic rings. The number of carbonyl (C=O) groups excluding carboxylic acids is 1. The van der Waals surface area contributed by atoms with Crippen LogP contribution in [-0.2, 0) is 11.4 Å². The van der Waals surface area contributed by atoms with E-state index in [2.05, 4.69) is 16.9 Å². The van der Waals surface area contributed by atoms with Gasteiger partial charge in [0.1, 0.15) is 12.4 Å². The molecule has 0 saturated carbocycles. The molecule has 0 saturated heterocycles. The lowest BCUT2D eigenvalue weighted by molar-refractivity contribution is -0.111. The van der Waals surface area contributed by atoms with Gasteiger partial charge in [0, 0.05) is 16.9 Å². The first-order valence-electron chi connectivity index (χ1n) is 11.5. The van der Waals surface area contributed by atoms with E-state index in [9.17, 15) is 9.59 Å². The Labute approximate surface area is 218 Å². The maximum Gasteiger partial charge on any atom is 0.338 e. The molecule has 184 valence electrons. The van der Waals surface area contributed by atoms with Crippen LogP contribution in [0.1, 0.15) is 11.1 Å². The summed E-state index contributed by atoms with van der Waals surface area (Å²) < 4.78 is 9.13. The number of anilines is 1. The average molecular weight is 511 g/mol. The second kappa shape index (κ2) is 10.2. The molecule has 5 aromatic rings. The highest BCUT2D eigenvalue weighted by atomic mass is 35.5. The van der Waals surface area contributed by atoms with Crippen LogP contribution in [0, 0.1) is 6.92 Å². The van der Waals surface area contributed by atoms with Crippen molar-refractivity contribution in [2.24, 2.45) is 0 Å². The van der Waals surface area contributed by atoms with E-state index in [0.29, 0.717) is 40.5 Å². The lowest BCUT2D eigenvalue weighted by Gasteiger charge is -2.09. The van der Waals surface area contributed by atoms with E-state index in [-0.39, 0.29) is 11.6 Å². The van der Waals surface area contributed by atoms with Crippen LogP contribution in [0.3, 0.4) is 0 Å². The summed E-state index contributed by atoms with van der Waals surface area (Å²) in [6.07, 6.45) is 4.49. The molecule has 0 bridgehead atoms. The summed E-state index contributed by atoms with van der Waals surface area (Å²) in [4.78, 5) is 29.7. The van der Waals surface area contributed by atoms with E-state index in [1.807, 2.05) is 55.5 Å². The Bertz CT molecular complexity index is 1690. The average Bonchev–Trinajstić information content (AvgIpc) is 3.21. The monoisotopic (exact) mass is 510 g/mol. The third-order valence-corrected chi connectivity index (χ3v) is 6.35. The molecule has 0 aliphatic carbocycles. The second-order valence-electron chi connectivity index (χ2n) is 8.43. The van der Waals surface area contributed by atoms with E-state index in [0.717, 1.165) is 16.1 Å². The van der Waals surface area contributed by atoms with Gasteiger partial charge in [0.2, 0.25) is 5.91 Å². The number of aryl methyl sites for hydroxylation is 1. The summed E-state index contributed by atoms with van der Waals surface area (Å²) in [5.41, 5.74) is 4.93. The van der Waals surface area contributed by atoms with Gasteiger partial charge in [-0.1, -0.05) is 36.4 Å². The summed E-state index contributed by atoms with van der Waals surface area (Å²) in [6, 6.07) is 22.0. The Balaban J connectivity index is 1.48. The van der Waals surface area contributed by atoms with Crippen LogP contribution in [0.4, 0.5) is 5.69 Å². The van der Waals surface area contributed by atoms with Crippen LogP contribution in [0.15, 0.2) is 103 Å². The first-order valence-corrected chi connectivity index (χ1v) is 11.9. The summed E-state index contributed by atoms with van der Waals surface area (Å²) in [5.74, 6) is 0.349. The van der Waals surface area contributed by atoms with Gasteiger partial charge in [0.25, 0.3) is 0 Å². The molecule has 7 nitrogen and oxygen atoms in total. The molecule has 37 heavy (non-hydrogen) atoms. The molecule has 0 radical (unpaired) electrons. The molecule has 2 heterocycles. The van der Waals surface area contributed by atoms with Crippen molar-refractivity contribution in [2.45, 2.75) is 13.5 Å². The van der Waals surface area contributed by atoms with Gasteiger partial charge < -0.3 is 10.1 Å². The number of nitrogens with one attached hydrogen (secondary N) is 1. The molecule has 0 spiro atoms. The van der Waals surface area contributed by atoms with Crippen LogP contribution in [-0.4, -0.2) is 20.0 Å². The summed E-state index contributed by atoms with van der Waals surface area (Å²) in [5, 5.41) is 3.45. The highest BCUT2D eigenvalue weighted by molar-refractivity contribution is 6.31. The predicted molar refractivity (Wildman–Crippen MR) is 146 cm³/mol. The van der Waals surface area contributed by atoms with Crippen LogP contribution in [0.25, 0.3) is 22.4 Å². The number of ether oxygens (including phenoxy) is 1. The molecular weight excluding hydrogens is 488 g/mol. The SMILES string of the molecule is C=CC(=O)Nc1cccc(-n2c(=O)n(-c3ccc(OCc4ccc(Cl)c(C)c4)cc3)c3cnccc32)c1. The first kappa shape index (κ1) is 24.1. The van der Waals surface area contributed by atoms with Crippen LogP contribution in [0.5, 0.6) is 5.75 Å². The number of rotatable bonds is 7. The highest BCUT2D eigenvalue weighted by Gasteiger charge is 2.16. The Morgan fingerprint density at radius 3 is 2.57 bits per heavy atom. The molecule has 5 rings (SSSR count). The van der Waals surface area contributed by atoms with Crippen molar-refractivity contribution in [3.63, 3.8) is 0 Å². The van der Waals surface area contributed by atoms with Crippen molar-refractivity contribution in [1.29, 1.82) is 0 Å². The summed E-state index contributed by atoms with van der Waals surface area (Å²) in [6.45, 7) is 5.84. The van der Waals surface area contributed by atoms with Gasteiger partial charge in [-0.3, -0.25) is 18.9 Å². The highest BCUT2D eigenvalue weighted by Crippen LogP contribution is 2.24. The third-order valence-electron chi connectivity index (χ3n) is 5.92. The molecule has 2 aromatic heterocycles. The zero-order valence-corrected chi connectivity index (χ0v) is 20.8. The van der Waals surface area contributed by atoms with Crippen LogP contribution in [0.2, 0.25) is 5.02 Å². The quantitative estimate of drug-likeness (QED) is 0.279. The maximum atomic E-state index is 13.7. The topological polar surface area (TPSA) is 78.2 Å². The molecule has 0 fully saturated rings. The summed E-state index contributed by atoms with van der Waals surface area (Å²) >= 11 is 6.11. The Morgan fingerprint density at radius 2 is 1.81 bits per heavy atom. The van der Waals surface area contributed by atoms with Gasteiger partial charge >= 0.3 is 5.69 Å². The number of hydrogen-bond donors (Lipinski definition) is 1. The number of amides is 1. The van der Waals surface area contributed by atoms with Gasteiger partial charge in [0.15, 0.2) is 0 Å². The number of fused-ring (bicyclic) bond motifs is 1. The molecule has 0 unspecified atom stereocenters. The van der Waals surface area contributed by atoms with Gasteiger partial charge in [-0.2, -0.15) is 0 Å².